The zero-order chi connectivity index (χ0) is 15.2. The van der Waals surface area contributed by atoms with Crippen molar-refractivity contribution in [3.63, 3.8) is 0 Å². The molecule has 1 N–H and O–H groups in total. The Labute approximate surface area is 125 Å². The zero-order valence-corrected chi connectivity index (χ0v) is 12.9. The largest absolute Gasteiger partial charge is 0.497 e. The lowest BCUT2D eigenvalue weighted by Gasteiger charge is -2.20. The van der Waals surface area contributed by atoms with Crippen molar-refractivity contribution in [2.75, 3.05) is 20.8 Å². The molecule has 5 heteroatoms. The van der Waals surface area contributed by atoms with Gasteiger partial charge in [-0.15, -0.1) is 0 Å². The lowest BCUT2D eigenvalue weighted by molar-refractivity contribution is 0.387. The maximum atomic E-state index is 5.48. The SMILES string of the molecule is CCNC(c1ncc(C)cn1)c1ccc(OC)cc1OC. The second-order valence-electron chi connectivity index (χ2n) is 4.72. The maximum absolute atomic E-state index is 5.48. The predicted octanol–water partition coefficient (Wildman–Crippen LogP) is 2.50. The van der Waals surface area contributed by atoms with Gasteiger partial charge in [-0.25, -0.2) is 9.97 Å². The number of nitrogens with zero attached hydrogens (tertiary/aromatic N) is 2. The Morgan fingerprint density at radius 3 is 2.43 bits per heavy atom. The third-order valence-electron chi connectivity index (χ3n) is 3.22. The minimum Gasteiger partial charge on any atom is -0.497 e. The van der Waals surface area contributed by atoms with E-state index in [0.29, 0.717) is 0 Å². The fourth-order valence-electron chi connectivity index (χ4n) is 2.15. The monoisotopic (exact) mass is 287 g/mol. The zero-order valence-electron chi connectivity index (χ0n) is 12.9. The van der Waals surface area contributed by atoms with Gasteiger partial charge >= 0.3 is 0 Å². The lowest BCUT2D eigenvalue weighted by Crippen LogP contribution is -2.24. The normalized spacial score (nSPS) is 12.0. The third-order valence-corrected chi connectivity index (χ3v) is 3.22. The molecule has 21 heavy (non-hydrogen) atoms. The van der Waals surface area contributed by atoms with Gasteiger partial charge in [-0.2, -0.15) is 0 Å². The average molecular weight is 287 g/mol. The van der Waals surface area contributed by atoms with Crippen LogP contribution in [0.25, 0.3) is 0 Å². The van der Waals surface area contributed by atoms with Crippen molar-refractivity contribution in [1.82, 2.24) is 15.3 Å². The van der Waals surface area contributed by atoms with Crippen molar-refractivity contribution in [2.45, 2.75) is 19.9 Å². The van der Waals surface area contributed by atoms with E-state index in [4.69, 9.17) is 9.47 Å². The highest BCUT2D eigenvalue weighted by Crippen LogP contribution is 2.31. The van der Waals surface area contributed by atoms with Gasteiger partial charge in [0.1, 0.15) is 17.3 Å². The first kappa shape index (κ1) is 15.3. The summed E-state index contributed by atoms with van der Waals surface area (Å²) < 4.78 is 10.7. The summed E-state index contributed by atoms with van der Waals surface area (Å²) in [6, 6.07) is 5.65. The van der Waals surface area contributed by atoms with E-state index in [0.717, 1.165) is 35.0 Å². The van der Waals surface area contributed by atoms with E-state index in [1.54, 1.807) is 14.2 Å². The van der Waals surface area contributed by atoms with Crippen LogP contribution in [0.1, 0.15) is 29.9 Å². The van der Waals surface area contributed by atoms with Crippen LogP contribution in [0.4, 0.5) is 0 Å². The number of methoxy groups -OCH3 is 2. The highest BCUT2D eigenvalue weighted by atomic mass is 16.5. The van der Waals surface area contributed by atoms with Gasteiger partial charge in [0.25, 0.3) is 0 Å². The van der Waals surface area contributed by atoms with Crippen molar-refractivity contribution in [1.29, 1.82) is 0 Å². The minimum atomic E-state index is -0.114. The number of benzene rings is 1. The Morgan fingerprint density at radius 2 is 1.86 bits per heavy atom. The van der Waals surface area contributed by atoms with E-state index >= 15 is 0 Å². The predicted molar refractivity (Wildman–Crippen MR) is 81.8 cm³/mol. The molecule has 112 valence electrons. The van der Waals surface area contributed by atoms with E-state index in [2.05, 4.69) is 22.2 Å². The third kappa shape index (κ3) is 3.49. The molecule has 2 rings (SSSR count). The lowest BCUT2D eigenvalue weighted by atomic mass is 10.0. The molecule has 0 bridgehead atoms. The first-order valence-corrected chi connectivity index (χ1v) is 6.93. The van der Waals surface area contributed by atoms with Gasteiger partial charge < -0.3 is 14.8 Å². The van der Waals surface area contributed by atoms with E-state index in [9.17, 15) is 0 Å². The van der Waals surface area contributed by atoms with Crippen molar-refractivity contribution >= 4 is 0 Å². The van der Waals surface area contributed by atoms with Crippen LogP contribution < -0.4 is 14.8 Å². The molecule has 1 heterocycles. The highest BCUT2D eigenvalue weighted by Gasteiger charge is 2.20. The standard InChI is InChI=1S/C16H21N3O2/c1-5-17-15(16-18-9-11(2)10-19-16)13-7-6-12(20-3)8-14(13)21-4/h6-10,15,17H,5H2,1-4H3. The summed E-state index contributed by atoms with van der Waals surface area (Å²) in [6.07, 6.45) is 3.64. The van der Waals surface area contributed by atoms with Gasteiger partial charge in [0.05, 0.1) is 20.3 Å². The highest BCUT2D eigenvalue weighted by molar-refractivity contribution is 5.44. The number of nitrogens with one attached hydrogen (secondary N) is 1. The molecule has 1 unspecified atom stereocenters. The Kier molecular flexibility index (Phi) is 5.11. The molecule has 0 saturated heterocycles. The molecule has 5 nitrogen and oxygen atoms in total. The molecular weight excluding hydrogens is 266 g/mol. The van der Waals surface area contributed by atoms with Crippen LogP contribution in [0.15, 0.2) is 30.6 Å². The number of hydrogen-bond acceptors (Lipinski definition) is 5. The van der Waals surface area contributed by atoms with E-state index in [1.807, 2.05) is 37.5 Å². The van der Waals surface area contributed by atoms with Crippen molar-refractivity contribution in [2.24, 2.45) is 0 Å². The van der Waals surface area contributed by atoms with Crippen LogP contribution in [0.5, 0.6) is 11.5 Å². The van der Waals surface area contributed by atoms with Gasteiger partial charge in [0.15, 0.2) is 0 Å². The fourth-order valence-corrected chi connectivity index (χ4v) is 2.15. The van der Waals surface area contributed by atoms with Crippen LogP contribution in [-0.2, 0) is 0 Å². The Hall–Kier alpha value is -2.14. The maximum Gasteiger partial charge on any atom is 0.149 e. The fraction of sp³-hybridized carbons (Fsp3) is 0.375. The molecule has 0 aliphatic carbocycles. The second-order valence-corrected chi connectivity index (χ2v) is 4.72. The molecule has 0 spiro atoms. The molecule has 0 saturated carbocycles. The molecule has 0 radical (unpaired) electrons. The first-order valence-electron chi connectivity index (χ1n) is 6.93. The number of rotatable bonds is 6. The summed E-state index contributed by atoms with van der Waals surface area (Å²) in [5, 5.41) is 3.40. The minimum absolute atomic E-state index is 0.114. The summed E-state index contributed by atoms with van der Waals surface area (Å²) in [5.41, 5.74) is 2.03. The molecule has 1 aromatic carbocycles. The average Bonchev–Trinajstić information content (AvgIpc) is 2.53. The number of hydrogen-bond donors (Lipinski definition) is 1. The molecule has 0 amide bonds. The van der Waals surface area contributed by atoms with Crippen molar-refractivity contribution < 1.29 is 9.47 Å². The number of aromatic nitrogens is 2. The smallest absolute Gasteiger partial charge is 0.149 e. The Morgan fingerprint density at radius 1 is 1.14 bits per heavy atom. The van der Waals surface area contributed by atoms with Gasteiger partial charge in [-0.3, -0.25) is 0 Å². The Balaban J connectivity index is 2.44. The van der Waals surface area contributed by atoms with Gasteiger partial charge in [0.2, 0.25) is 0 Å². The van der Waals surface area contributed by atoms with Crippen LogP contribution in [0.2, 0.25) is 0 Å². The molecule has 0 aliphatic rings. The van der Waals surface area contributed by atoms with E-state index in [-0.39, 0.29) is 6.04 Å². The Bertz CT molecular complexity index is 585. The van der Waals surface area contributed by atoms with Gasteiger partial charge in [-0.1, -0.05) is 6.92 Å². The number of aryl methyl sites for hydroxylation is 1. The molecule has 1 atom stereocenters. The molecule has 0 fully saturated rings. The van der Waals surface area contributed by atoms with Gasteiger partial charge in [0, 0.05) is 24.0 Å². The molecule has 0 aliphatic heterocycles. The van der Waals surface area contributed by atoms with E-state index in [1.165, 1.54) is 0 Å². The first-order chi connectivity index (χ1) is 10.2. The van der Waals surface area contributed by atoms with E-state index < -0.39 is 0 Å². The second kappa shape index (κ2) is 7.04. The van der Waals surface area contributed by atoms with Crippen LogP contribution >= 0.6 is 0 Å². The summed E-state index contributed by atoms with van der Waals surface area (Å²) in [4.78, 5) is 8.86. The summed E-state index contributed by atoms with van der Waals surface area (Å²) in [5.74, 6) is 2.24. The van der Waals surface area contributed by atoms with Crippen LogP contribution in [0.3, 0.4) is 0 Å². The van der Waals surface area contributed by atoms with Crippen LogP contribution in [-0.4, -0.2) is 30.7 Å². The van der Waals surface area contributed by atoms with Crippen molar-refractivity contribution in [3.05, 3.63) is 47.5 Å². The van der Waals surface area contributed by atoms with Crippen LogP contribution in [0, 0.1) is 6.92 Å². The topological polar surface area (TPSA) is 56.3 Å². The van der Waals surface area contributed by atoms with Crippen molar-refractivity contribution in [3.8, 4) is 11.5 Å². The summed E-state index contributed by atoms with van der Waals surface area (Å²) in [7, 11) is 3.29. The molecule has 1 aromatic heterocycles. The summed E-state index contributed by atoms with van der Waals surface area (Å²) in [6.45, 7) is 4.83. The molecule has 2 aromatic rings. The quantitative estimate of drug-likeness (QED) is 0.884. The molecular formula is C16H21N3O2. The summed E-state index contributed by atoms with van der Waals surface area (Å²) >= 11 is 0. The number of ether oxygens (including phenoxy) is 2. The van der Waals surface area contributed by atoms with Gasteiger partial charge in [-0.05, 0) is 31.2 Å².